The molecule has 1 amide bonds. The summed E-state index contributed by atoms with van der Waals surface area (Å²) in [6.07, 6.45) is 0.835. The number of carbonyl (C=O) groups excluding carboxylic acids is 1. The van der Waals surface area contributed by atoms with Crippen LogP contribution in [-0.2, 0) is 6.54 Å². The van der Waals surface area contributed by atoms with Crippen LogP contribution in [0, 0.1) is 5.82 Å². The number of amides is 1. The average molecular weight is 405 g/mol. The van der Waals surface area contributed by atoms with E-state index in [0.717, 1.165) is 31.6 Å². The second-order valence-corrected chi connectivity index (χ2v) is 7.44. The second-order valence-electron chi connectivity index (χ2n) is 7.03. The fourth-order valence-corrected chi connectivity index (χ4v) is 3.83. The predicted octanol–water partition coefficient (Wildman–Crippen LogP) is 3.60. The van der Waals surface area contributed by atoms with Gasteiger partial charge in [0.05, 0.1) is 18.2 Å². The third kappa shape index (κ3) is 4.23. The van der Waals surface area contributed by atoms with E-state index in [1.807, 2.05) is 12.1 Å². The van der Waals surface area contributed by atoms with Gasteiger partial charge in [-0.2, -0.15) is 0 Å². The molecule has 0 unspecified atom stereocenters. The van der Waals surface area contributed by atoms with Gasteiger partial charge in [-0.3, -0.25) is 9.69 Å². The maximum absolute atomic E-state index is 13.4. The number of ether oxygens (including phenoxy) is 2. The van der Waals surface area contributed by atoms with E-state index in [9.17, 15) is 9.18 Å². The molecule has 0 N–H and O–H groups in total. The minimum Gasteiger partial charge on any atom is -0.489 e. The molecule has 2 aromatic carbocycles. The first-order valence-electron chi connectivity index (χ1n) is 9.45. The highest BCUT2D eigenvalue weighted by atomic mass is 35.5. The molecule has 0 radical (unpaired) electrons. The lowest BCUT2D eigenvalue weighted by molar-refractivity contribution is 0.0628. The molecule has 2 aromatic rings. The van der Waals surface area contributed by atoms with Gasteiger partial charge in [-0.1, -0.05) is 17.7 Å². The number of nitrogens with zero attached hydrogens (tertiary/aromatic N) is 2. The van der Waals surface area contributed by atoms with E-state index in [-0.39, 0.29) is 5.91 Å². The zero-order chi connectivity index (χ0) is 19.5. The first kappa shape index (κ1) is 19.0. The van der Waals surface area contributed by atoms with Crippen LogP contribution < -0.4 is 9.47 Å². The third-order valence-electron chi connectivity index (χ3n) is 5.00. The molecule has 1 saturated heterocycles. The maximum atomic E-state index is 13.4. The van der Waals surface area contributed by atoms with Gasteiger partial charge in [0.15, 0.2) is 11.5 Å². The van der Waals surface area contributed by atoms with Crippen LogP contribution in [0.5, 0.6) is 11.5 Å². The van der Waals surface area contributed by atoms with Gasteiger partial charge in [0.25, 0.3) is 5.91 Å². The molecule has 2 heterocycles. The lowest BCUT2D eigenvalue weighted by Crippen LogP contribution is -2.48. The van der Waals surface area contributed by atoms with Crippen LogP contribution in [0.4, 0.5) is 4.39 Å². The van der Waals surface area contributed by atoms with Crippen molar-refractivity contribution >= 4 is 17.5 Å². The molecule has 0 bridgehead atoms. The Kier molecular flexibility index (Phi) is 5.69. The highest BCUT2D eigenvalue weighted by Gasteiger charge is 2.23. The van der Waals surface area contributed by atoms with E-state index < -0.39 is 5.82 Å². The van der Waals surface area contributed by atoms with Crippen molar-refractivity contribution in [2.24, 2.45) is 0 Å². The Balaban J connectivity index is 1.38. The molecule has 0 aromatic heterocycles. The van der Waals surface area contributed by atoms with Crippen molar-refractivity contribution in [2.75, 3.05) is 39.4 Å². The van der Waals surface area contributed by atoms with Gasteiger partial charge in [0.2, 0.25) is 0 Å². The Hall–Kier alpha value is -2.31. The number of fused-ring (bicyclic) bond motifs is 1. The summed E-state index contributed by atoms with van der Waals surface area (Å²) in [6, 6.07) is 9.74. The Morgan fingerprint density at radius 2 is 1.86 bits per heavy atom. The summed E-state index contributed by atoms with van der Waals surface area (Å²) in [5.41, 5.74) is 1.45. The van der Waals surface area contributed by atoms with Crippen LogP contribution in [-0.4, -0.2) is 55.1 Å². The van der Waals surface area contributed by atoms with E-state index in [2.05, 4.69) is 4.90 Å². The molecule has 7 heteroatoms. The molecule has 0 spiro atoms. The van der Waals surface area contributed by atoms with E-state index >= 15 is 0 Å². The molecule has 2 aliphatic heterocycles. The van der Waals surface area contributed by atoms with Crippen LogP contribution >= 0.6 is 11.6 Å². The topological polar surface area (TPSA) is 42.0 Å². The summed E-state index contributed by atoms with van der Waals surface area (Å²) in [4.78, 5) is 16.6. The van der Waals surface area contributed by atoms with Gasteiger partial charge < -0.3 is 14.4 Å². The first-order valence-corrected chi connectivity index (χ1v) is 9.83. The molecule has 2 aliphatic rings. The Morgan fingerprint density at radius 1 is 1.07 bits per heavy atom. The lowest BCUT2D eigenvalue weighted by Gasteiger charge is -2.35. The summed E-state index contributed by atoms with van der Waals surface area (Å²) in [6.45, 7) is 4.64. The molecular weight excluding hydrogens is 383 g/mol. The Labute approximate surface area is 168 Å². The average Bonchev–Trinajstić information content (AvgIpc) is 2.94. The molecule has 5 nitrogen and oxygen atoms in total. The zero-order valence-electron chi connectivity index (χ0n) is 15.5. The van der Waals surface area contributed by atoms with Gasteiger partial charge in [0.1, 0.15) is 5.82 Å². The standard InChI is InChI=1S/C21H22ClFN2O3/c22-18-11-15(12-19-20(18)28-10-2-9-27-19)14-24-5-7-25(8-6-24)21(26)16-3-1-4-17(23)13-16/h1,3-4,11-13H,2,5-10,14H2. The smallest absolute Gasteiger partial charge is 0.254 e. The number of piperazine rings is 1. The van der Waals surface area contributed by atoms with Crippen LogP contribution in [0.1, 0.15) is 22.3 Å². The summed E-state index contributed by atoms with van der Waals surface area (Å²) in [5, 5.41) is 0.564. The molecule has 1 fully saturated rings. The number of carbonyl (C=O) groups is 1. The van der Waals surface area contributed by atoms with Gasteiger partial charge >= 0.3 is 0 Å². The molecule has 0 saturated carbocycles. The molecule has 0 atom stereocenters. The maximum Gasteiger partial charge on any atom is 0.254 e. The predicted molar refractivity (Wildman–Crippen MR) is 105 cm³/mol. The van der Waals surface area contributed by atoms with Crippen LogP contribution in [0.25, 0.3) is 0 Å². The minimum absolute atomic E-state index is 0.127. The summed E-state index contributed by atoms with van der Waals surface area (Å²) < 4.78 is 24.8. The van der Waals surface area contributed by atoms with Crippen molar-refractivity contribution in [3.05, 3.63) is 58.4 Å². The van der Waals surface area contributed by atoms with E-state index in [1.54, 1.807) is 17.0 Å². The molecule has 4 rings (SSSR count). The normalized spacial score (nSPS) is 17.3. The van der Waals surface area contributed by atoms with Crippen molar-refractivity contribution in [3.63, 3.8) is 0 Å². The highest BCUT2D eigenvalue weighted by Crippen LogP contribution is 2.38. The highest BCUT2D eigenvalue weighted by molar-refractivity contribution is 6.32. The summed E-state index contributed by atoms with van der Waals surface area (Å²) in [7, 11) is 0. The fraction of sp³-hybridized carbons (Fsp3) is 0.381. The zero-order valence-corrected chi connectivity index (χ0v) is 16.3. The summed E-state index contributed by atoms with van der Waals surface area (Å²) >= 11 is 6.38. The van der Waals surface area contributed by atoms with E-state index in [0.29, 0.717) is 48.4 Å². The molecule has 28 heavy (non-hydrogen) atoms. The quantitative estimate of drug-likeness (QED) is 0.784. The largest absolute Gasteiger partial charge is 0.489 e. The van der Waals surface area contributed by atoms with Gasteiger partial charge in [0, 0.05) is 44.7 Å². The van der Waals surface area contributed by atoms with Crippen LogP contribution in [0.15, 0.2) is 36.4 Å². The van der Waals surface area contributed by atoms with Gasteiger partial charge in [-0.15, -0.1) is 0 Å². The number of hydrogen-bond donors (Lipinski definition) is 0. The van der Waals surface area contributed by atoms with E-state index in [1.165, 1.54) is 12.1 Å². The molecule has 148 valence electrons. The molecule has 0 aliphatic carbocycles. The van der Waals surface area contributed by atoms with Crippen molar-refractivity contribution in [2.45, 2.75) is 13.0 Å². The summed E-state index contributed by atoms with van der Waals surface area (Å²) in [5.74, 6) is 0.793. The minimum atomic E-state index is -0.393. The number of rotatable bonds is 3. The number of benzene rings is 2. The van der Waals surface area contributed by atoms with E-state index in [4.69, 9.17) is 21.1 Å². The Morgan fingerprint density at radius 3 is 2.64 bits per heavy atom. The van der Waals surface area contributed by atoms with Gasteiger partial charge in [-0.05, 0) is 35.9 Å². The number of hydrogen-bond acceptors (Lipinski definition) is 4. The second kappa shape index (κ2) is 8.37. The molecular formula is C21H22ClFN2O3. The Bertz CT molecular complexity index is 869. The SMILES string of the molecule is O=C(c1cccc(F)c1)N1CCN(Cc2cc(Cl)c3c(c2)OCCCO3)CC1. The van der Waals surface area contributed by atoms with Crippen molar-refractivity contribution in [1.82, 2.24) is 9.80 Å². The van der Waals surface area contributed by atoms with Crippen molar-refractivity contribution < 1.29 is 18.7 Å². The van der Waals surface area contributed by atoms with Crippen LogP contribution in [0.2, 0.25) is 5.02 Å². The van der Waals surface area contributed by atoms with Crippen molar-refractivity contribution in [1.29, 1.82) is 0 Å². The lowest BCUT2D eigenvalue weighted by atomic mass is 10.1. The van der Waals surface area contributed by atoms with Crippen LogP contribution in [0.3, 0.4) is 0 Å². The third-order valence-corrected chi connectivity index (χ3v) is 5.28. The number of halogens is 2. The fourth-order valence-electron chi connectivity index (χ4n) is 3.55. The van der Waals surface area contributed by atoms with Gasteiger partial charge in [-0.25, -0.2) is 4.39 Å². The first-order chi connectivity index (χ1) is 13.6. The van der Waals surface area contributed by atoms with Crippen molar-refractivity contribution in [3.8, 4) is 11.5 Å². The monoisotopic (exact) mass is 404 g/mol.